The van der Waals surface area contributed by atoms with Crippen molar-refractivity contribution in [1.29, 1.82) is 0 Å². The molecule has 1 fully saturated rings. The number of hydrogen-bond acceptors (Lipinski definition) is 3. The van der Waals surface area contributed by atoms with Gasteiger partial charge in [-0.2, -0.15) is 0 Å². The van der Waals surface area contributed by atoms with E-state index in [-0.39, 0.29) is 12.5 Å². The Morgan fingerprint density at radius 3 is 2.79 bits per heavy atom. The van der Waals surface area contributed by atoms with E-state index in [2.05, 4.69) is 0 Å². The van der Waals surface area contributed by atoms with Crippen LogP contribution in [-0.2, 0) is 4.79 Å². The molecule has 0 saturated carbocycles. The van der Waals surface area contributed by atoms with Gasteiger partial charge in [0.05, 0.1) is 6.10 Å². The molecular weight excluding hydrogens is 180 g/mol. The summed E-state index contributed by atoms with van der Waals surface area (Å²) in [6.45, 7) is 1.40. The summed E-state index contributed by atoms with van der Waals surface area (Å²) in [6.07, 6.45) is 4.41. The molecule has 1 amide bonds. The lowest BCUT2D eigenvalue weighted by molar-refractivity contribution is -0.133. The highest BCUT2D eigenvalue weighted by atomic mass is 16.3. The van der Waals surface area contributed by atoms with Gasteiger partial charge in [0, 0.05) is 26.1 Å². The van der Waals surface area contributed by atoms with Crippen LogP contribution in [0.4, 0.5) is 0 Å². The molecule has 14 heavy (non-hydrogen) atoms. The quantitative estimate of drug-likeness (QED) is 0.679. The van der Waals surface area contributed by atoms with E-state index in [1.54, 1.807) is 4.90 Å². The number of nitrogens with two attached hydrogens (primary N) is 1. The van der Waals surface area contributed by atoms with Crippen molar-refractivity contribution >= 4 is 5.91 Å². The number of aliphatic hydroxyl groups is 1. The van der Waals surface area contributed by atoms with E-state index < -0.39 is 6.10 Å². The van der Waals surface area contributed by atoms with Crippen molar-refractivity contribution in [2.24, 2.45) is 5.73 Å². The molecule has 1 saturated heterocycles. The van der Waals surface area contributed by atoms with Gasteiger partial charge < -0.3 is 15.7 Å². The monoisotopic (exact) mass is 200 g/mol. The Hall–Kier alpha value is -0.610. The van der Waals surface area contributed by atoms with Crippen molar-refractivity contribution in [2.75, 3.05) is 19.6 Å². The summed E-state index contributed by atoms with van der Waals surface area (Å²) < 4.78 is 0. The predicted molar refractivity (Wildman–Crippen MR) is 54.7 cm³/mol. The number of hydrogen-bond donors (Lipinski definition) is 2. The SMILES string of the molecule is NC[C@H](O)CN1CCCCCCC1=O. The summed E-state index contributed by atoms with van der Waals surface area (Å²) in [5.41, 5.74) is 5.32. The molecule has 4 nitrogen and oxygen atoms in total. The van der Waals surface area contributed by atoms with Crippen LogP contribution in [0.2, 0.25) is 0 Å². The molecule has 0 aromatic carbocycles. The molecule has 4 heteroatoms. The Bertz CT molecular complexity index is 185. The number of carbonyl (C=O) groups excluding carboxylic acids is 1. The van der Waals surface area contributed by atoms with Crippen molar-refractivity contribution in [3.8, 4) is 0 Å². The summed E-state index contributed by atoms with van der Waals surface area (Å²) in [5, 5.41) is 9.37. The molecule has 0 aromatic rings. The second kappa shape index (κ2) is 5.98. The molecule has 82 valence electrons. The molecule has 1 aliphatic heterocycles. The van der Waals surface area contributed by atoms with Gasteiger partial charge in [0.2, 0.25) is 5.91 Å². The summed E-state index contributed by atoms with van der Waals surface area (Å²) in [6, 6.07) is 0. The van der Waals surface area contributed by atoms with Crippen LogP contribution < -0.4 is 5.73 Å². The lowest BCUT2D eigenvalue weighted by Crippen LogP contribution is -2.41. The minimum absolute atomic E-state index is 0.164. The molecule has 1 heterocycles. The van der Waals surface area contributed by atoms with Crippen molar-refractivity contribution in [1.82, 2.24) is 4.90 Å². The van der Waals surface area contributed by atoms with Crippen LogP contribution in [0, 0.1) is 0 Å². The van der Waals surface area contributed by atoms with Crippen LogP contribution in [0.15, 0.2) is 0 Å². The number of aliphatic hydroxyl groups excluding tert-OH is 1. The number of likely N-dealkylation sites (tertiary alicyclic amines) is 1. The summed E-state index contributed by atoms with van der Waals surface area (Å²) in [5.74, 6) is 0.164. The zero-order valence-corrected chi connectivity index (χ0v) is 8.61. The number of amides is 1. The van der Waals surface area contributed by atoms with Gasteiger partial charge in [0.1, 0.15) is 0 Å². The van der Waals surface area contributed by atoms with Gasteiger partial charge in [-0.3, -0.25) is 4.79 Å². The maximum absolute atomic E-state index is 11.6. The topological polar surface area (TPSA) is 66.6 Å². The van der Waals surface area contributed by atoms with Gasteiger partial charge >= 0.3 is 0 Å². The first-order chi connectivity index (χ1) is 6.74. The van der Waals surface area contributed by atoms with Crippen LogP contribution >= 0.6 is 0 Å². The van der Waals surface area contributed by atoms with Crippen LogP contribution in [-0.4, -0.2) is 41.7 Å². The molecule has 1 atom stereocenters. The zero-order valence-electron chi connectivity index (χ0n) is 8.61. The molecule has 0 aliphatic carbocycles. The molecule has 1 rings (SSSR count). The zero-order chi connectivity index (χ0) is 10.4. The maximum Gasteiger partial charge on any atom is 0.222 e. The number of nitrogens with zero attached hydrogens (tertiary/aromatic N) is 1. The normalized spacial score (nSPS) is 21.6. The predicted octanol–water partition coefficient (Wildman–Crippen LogP) is 0.0987. The van der Waals surface area contributed by atoms with Crippen LogP contribution in [0.25, 0.3) is 0 Å². The van der Waals surface area contributed by atoms with E-state index in [0.717, 1.165) is 25.8 Å². The second-order valence-corrected chi connectivity index (χ2v) is 3.89. The van der Waals surface area contributed by atoms with Gasteiger partial charge in [0.25, 0.3) is 0 Å². The van der Waals surface area contributed by atoms with Gasteiger partial charge in [-0.05, 0) is 12.8 Å². The average Bonchev–Trinajstić information content (AvgIpc) is 2.17. The van der Waals surface area contributed by atoms with E-state index >= 15 is 0 Å². The van der Waals surface area contributed by atoms with E-state index in [9.17, 15) is 9.90 Å². The number of carbonyl (C=O) groups is 1. The van der Waals surface area contributed by atoms with Crippen LogP contribution in [0.3, 0.4) is 0 Å². The fourth-order valence-corrected chi connectivity index (χ4v) is 1.74. The Morgan fingerprint density at radius 2 is 2.07 bits per heavy atom. The highest BCUT2D eigenvalue weighted by Gasteiger charge is 2.17. The second-order valence-electron chi connectivity index (χ2n) is 3.89. The van der Waals surface area contributed by atoms with Gasteiger partial charge in [-0.1, -0.05) is 12.8 Å². The van der Waals surface area contributed by atoms with E-state index in [1.807, 2.05) is 0 Å². The fourth-order valence-electron chi connectivity index (χ4n) is 1.74. The van der Waals surface area contributed by atoms with Gasteiger partial charge in [-0.25, -0.2) is 0 Å². The Labute approximate surface area is 85.1 Å². The fraction of sp³-hybridized carbons (Fsp3) is 0.900. The Morgan fingerprint density at radius 1 is 1.36 bits per heavy atom. The summed E-state index contributed by atoms with van der Waals surface area (Å²) in [4.78, 5) is 13.3. The average molecular weight is 200 g/mol. The van der Waals surface area contributed by atoms with Crippen LogP contribution in [0.1, 0.15) is 32.1 Å². The molecule has 0 aromatic heterocycles. The molecule has 3 N–H and O–H groups in total. The minimum atomic E-state index is -0.571. The molecule has 1 aliphatic rings. The van der Waals surface area contributed by atoms with E-state index in [1.165, 1.54) is 6.42 Å². The van der Waals surface area contributed by atoms with Gasteiger partial charge in [0.15, 0.2) is 0 Å². The molecule has 0 bridgehead atoms. The third-order valence-electron chi connectivity index (χ3n) is 2.62. The van der Waals surface area contributed by atoms with Crippen molar-refractivity contribution in [3.05, 3.63) is 0 Å². The maximum atomic E-state index is 11.6. The molecular formula is C10H20N2O2. The lowest BCUT2D eigenvalue weighted by Gasteiger charge is -2.26. The third-order valence-corrected chi connectivity index (χ3v) is 2.62. The highest BCUT2D eigenvalue weighted by Crippen LogP contribution is 2.11. The third kappa shape index (κ3) is 3.64. The molecule has 0 unspecified atom stereocenters. The Kier molecular flexibility index (Phi) is 4.90. The number of rotatable bonds is 3. The molecule has 0 radical (unpaired) electrons. The standard InChI is InChI=1S/C10H20N2O2/c11-7-9(13)8-12-6-4-2-1-3-5-10(12)14/h9,13H,1-8,11H2/t9-/m0/s1. The van der Waals surface area contributed by atoms with Crippen LogP contribution in [0.5, 0.6) is 0 Å². The van der Waals surface area contributed by atoms with Gasteiger partial charge in [-0.15, -0.1) is 0 Å². The van der Waals surface area contributed by atoms with Crippen molar-refractivity contribution < 1.29 is 9.90 Å². The van der Waals surface area contributed by atoms with Crippen molar-refractivity contribution in [3.63, 3.8) is 0 Å². The summed E-state index contributed by atoms with van der Waals surface area (Å²) in [7, 11) is 0. The first-order valence-electron chi connectivity index (χ1n) is 5.40. The smallest absolute Gasteiger partial charge is 0.222 e. The van der Waals surface area contributed by atoms with E-state index in [0.29, 0.717) is 13.0 Å². The Balaban J connectivity index is 2.41. The first kappa shape index (κ1) is 11.5. The largest absolute Gasteiger partial charge is 0.390 e. The molecule has 0 spiro atoms. The van der Waals surface area contributed by atoms with Crippen molar-refractivity contribution in [2.45, 2.75) is 38.2 Å². The first-order valence-corrected chi connectivity index (χ1v) is 5.40. The minimum Gasteiger partial charge on any atom is -0.390 e. The lowest BCUT2D eigenvalue weighted by atomic mass is 10.1. The van der Waals surface area contributed by atoms with E-state index in [4.69, 9.17) is 5.73 Å². The number of β-amino-alcohol motifs (C(OH)–C–C–N with tert-alkyl or cyclic N) is 1. The summed E-state index contributed by atoms with van der Waals surface area (Å²) >= 11 is 0. The highest BCUT2D eigenvalue weighted by molar-refractivity contribution is 5.76.